The smallest absolute Gasteiger partial charge is 0.265 e. The summed E-state index contributed by atoms with van der Waals surface area (Å²) in [4.78, 5) is 11.8. The summed E-state index contributed by atoms with van der Waals surface area (Å²) < 4.78 is 32.2. The van der Waals surface area contributed by atoms with E-state index in [1.165, 1.54) is 23.6 Å². The highest BCUT2D eigenvalue weighted by molar-refractivity contribution is 7.91. The lowest BCUT2D eigenvalue weighted by Gasteiger charge is -2.36. The van der Waals surface area contributed by atoms with Crippen molar-refractivity contribution >= 4 is 15.9 Å². The van der Waals surface area contributed by atoms with Crippen LogP contribution in [0.1, 0.15) is 43.7 Å². The number of sulfonamides is 1. The Morgan fingerprint density at radius 2 is 1.93 bits per heavy atom. The summed E-state index contributed by atoms with van der Waals surface area (Å²) in [6.07, 6.45) is 3.16. The number of carbonyl (C=O) groups is 1. The number of benzene rings is 1. The zero-order chi connectivity index (χ0) is 22.1. The van der Waals surface area contributed by atoms with E-state index in [9.17, 15) is 13.2 Å². The molecule has 2 heterocycles. The van der Waals surface area contributed by atoms with Crippen molar-refractivity contribution in [3.05, 3.63) is 41.6 Å². The molecule has 0 atom stereocenters. The van der Waals surface area contributed by atoms with Crippen LogP contribution in [0.25, 0.3) is 5.69 Å². The Kier molecular flexibility index (Phi) is 6.21. The Hall–Kier alpha value is -2.43. The number of aromatic nitrogens is 2. The molecule has 2 N–H and O–H groups in total. The number of amides is 1. The summed E-state index contributed by atoms with van der Waals surface area (Å²) in [7, 11) is -2.32. The number of methoxy groups -OCH3 is 1. The Morgan fingerprint density at radius 3 is 2.47 bits per heavy atom. The average molecular weight is 437 g/mol. The number of nitrogens with zero attached hydrogens (tertiary/aromatic N) is 3. The number of hydrogen-bond acceptors (Lipinski definition) is 6. The standard InChI is InChI=1S/C20H28N4O5S/c1-14-13-16(5-6-17(14)24-12-9-18(21-24)29-4)15-7-10-23(11-8-15)30(27,28)20(2,3)19(25)22-26/h5-6,9,12-13,15,26H,7-8,10-11H2,1-4H3,(H,22,25). The first-order chi connectivity index (χ1) is 14.1. The molecule has 1 aliphatic heterocycles. The Balaban J connectivity index is 1.72. The molecule has 164 valence electrons. The van der Waals surface area contributed by atoms with Crippen LogP contribution in [-0.4, -0.2) is 58.6 Å². The van der Waals surface area contributed by atoms with Crippen molar-refractivity contribution in [2.45, 2.75) is 44.3 Å². The highest BCUT2D eigenvalue weighted by Crippen LogP contribution is 2.33. The van der Waals surface area contributed by atoms with E-state index in [4.69, 9.17) is 9.94 Å². The van der Waals surface area contributed by atoms with Crippen LogP contribution < -0.4 is 10.2 Å². The number of hydroxylamine groups is 1. The Labute approximate surface area is 176 Å². The molecule has 1 amide bonds. The zero-order valence-electron chi connectivity index (χ0n) is 17.6. The first-order valence-electron chi connectivity index (χ1n) is 9.76. The van der Waals surface area contributed by atoms with Gasteiger partial charge in [0.05, 0.1) is 12.8 Å². The fourth-order valence-corrected chi connectivity index (χ4v) is 5.36. The summed E-state index contributed by atoms with van der Waals surface area (Å²) >= 11 is 0. The molecule has 0 unspecified atom stereocenters. The van der Waals surface area contributed by atoms with Crippen molar-refractivity contribution in [1.82, 2.24) is 19.6 Å². The topological polar surface area (TPSA) is 114 Å². The van der Waals surface area contributed by atoms with Crippen LogP contribution in [0.5, 0.6) is 5.88 Å². The minimum absolute atomic E-state index is 0.228. The van der Waals surface area contributed by atoms with E-state index in [2.05, 4.69) is 17.2 Å². The van der Waals surface area contributed by atoms with Crippen LogP contribution in [0.3, 0.4) is 0 Å². The SMILES string of the molecule is COc1ccn(-c2ccc(C3CCN(S(=O)(=O)C(C)(C)C(=O)NO)CC3)cc2C)n1. The van der Waals surface area contributed by atoms with Crippen molar-refractivity contribution in [3.63, 3.8) is 0 Å². The van der Waals surface area contributed by atoms with Crippen LogP contribution in [0.2, 0.25) is 0 Å². The average Bonchev–Trinajstić information content (AvgIpc) is 3.21. The molecule has 0 saturated carbocycles. The predicted molar refractivity (Wildman–Crippen MR) is 111 cm³/mol. The quantitative estimate of drug-likeness (QED) is 0.529. The number of rotatable bonds is 6. The van der Waals surface area contributed by atoms with Crippen molar-refractivity contribution in [2.24, 2.45) is 0 Å². The Morgan fingerprint density at radius 1 is 1.27 bits per heavy atom. The van der Waals surface area contributed by atoms with Gasteiger partial charge in [0.2, 0.25) is 15.9 Å². The van der Waals surface area contributed by atoms with E-state index in [0.717, 1.165) is 16.8 Å². The monoisotopic (exact) mass is 436 g/mol. The second kappa shape index (κ2) is 8.37. The lowest BCUT2D eigenvalue weighted by Crippen LogP contribution is -2.54. The van der Waals surface area contributed by atoms with Gasteiger partial charge in [0.25, 0.3) is 5.91 Å². The first kappa shape index (κ1) is 22.3. The maximum Gasteiger partial charge on any atom is 0.265 e. The number of ether oxygens (including phenoxy) is 1. The van der Waals surface area contributed by atoms with Gasteiger partial charge in [-0.1, -0.05) is 12.1 Å². The molecule has 10 heteroatoms. The zero-order valence-corrected chi connectivity index (χ0v) is 18.4. The van der Waals surface area contributed by atoms with Gasteiger partial charge in [0.15, 0.2) is 4.75 Å². The summed E-state index contributed by atoms with van der Waals surface area (Å²) in [6.45, 7) is 5.26. The second-order valence-electron chi connectivity index (χ2n) is 7.98. The summed E-state index contributed by atoms with van der Waals surface area (Å²) in [5.74, 6) is -0.165. The third-order valence-corrected chi connectivity index (χ3v) is 8.32. The first-order valence-corrected chi connectivity index (χ1v) is 11.2. The summed E-state index contributed by atoms with van der Waals surface area (Å²) in [6, 6.07) is 7.97. The summed E-state index contributed by atoms with van der Waals surface area (Å²) in [5.41, 5.74) is 4.63. The number of piperidine rings is 1. The highest BCUT2D eigenvalue weighted by Gasteiger charge is 2.46. The molecule has 1 aromatic heterocycles. The van der Waals surface area contributed by atoms with E-state index in [1.54, 1.807) is 17.9 Å². The van der Waals surface area contributed by atoms with Gasteiger partial charge in [-0.15, -0.1) is 5.10 Å². The molecule has 30 heavy (non-hydrogen) atoms. The number of carbonyl (C=O) groups excluding carboxylic acids is 1. The molecular weight excluding hydrogens is 408 g/mol. The molecular formula is C20H28N4O5S. The largest absolute Gasteiger partial charge is 0.480 e. The van der Waals surface area contributed by atoms with Gasteiger partial charge in [0.1, 0.15) is 0 Å². The second-order valence-corrected chi connectivity index (χ2v) is 10.5. The van der Waals surface area contributed by atoms with E-state index < -0.39 is 20.7 Å². The molecule has 0 bridgehead atoms. The van der Waals surface area contributed by atoms with Crippen LogP contribution in [-0.2, 0) is 14.8 Å². The van der Waals surface area contributed by atoms with Crippen LogP contribution >= 0.6 is 0 Å². The van der Waals surface area contributed by atoms with Gasteiger partial charge < -0.3 is 4.74 Å². The maximum absolute atomic E-state index is 12.9. The van der Waals surface area contributed by atoms with Gasteiger partial charge in [-0.3, -0.25) is 10.0 Å². The summed E-state index contributed by atoms with van der Waals surface area (Å²) in [5, 5.41) is 13.2. The molecule has 1 fully saturated rings. The molecule has 1 saturated heterocycles. The molecule has 0 aliphatic carbocycles. The van der Waals surface area contributed by atoms with Gasteiger partial charge >= 0.3 is 0 Å². The van der Waals surface area contributed by atoms with Crippen molar-refractivity contribution < 1.29 is 23.2 Å². The van der Waals surface area contributed by atoms with E-state index >= 15 is 0 Å². The van der Waals surface area contributed by atoms with Crippen LogP contribution in [0, 0.1) is 6.92 Å². The number of nitrogens with one attached hydrogen (secondary N) is 1. The van der Waals surface area contributed by atoms with Gasteiger partial charge in [-0.25, -0.2) is 22.9 Å². The molecule has 2 aromatic rings. The number of aryl methyl sites for hydroxylation is 1. The number of hydrogen-bond donors (Lipinski definition) is 2. The molecule has 1 aromatic carbocycles. The lowest BCUT2D eigenvalue weighted by atomic mass is 9.89. The van der Waals surface area contributed by atoms with Crippen molar-refractivity contribution in [3.8, 4) is 11.6 Å². The fourth-order valence-electron chi connectivity index (χ4n) is 3.74. The van der Waals surface area contributed by atoms with Gasteiger partial charge in [-0.2, -0.15) is 0 Å². The van der Waals surface area contributed by atoms with Crippen LogP contribution in [0.4, 0.5) is 0 Å². The van der Waals surface area contributed by atoms with Crippen molar-refractivity contribution in [1.29, 1.82) is 0 Å². The highest BCUT2D eigenvalue weighted by atomic mass is 32.2. The third kappa shape index (κ3) is 3.94. The molecule has 3 rings (SSSR count). The fraction of sp³-hybridized carbons (Fsp3) is 0.500. The van der Waals surface area contributed by atoms with E-state index in [1.807, 2.05) is 19.2 Å². The third-order valence-electron chi connectivity index (χ3n) is 5.80. The molecule has 1 aliphatic rings. The predicted octanol–water partition coefficient (Wildman–Crippen LogP) is 1.98. The van der Waals surface area contributed by atoms with Gasteiger partial charge in [-0.05, 0) is 56.7 Å². The Bertz CT molecular complexity index is 1020. The van der Waals surface area contributed by atoms with Gasteiger partial charge in [0, 0.05) is 25.4 Å². The normalized spacial score (nSPS) is 16.4. The van der Waals surface area contributed by atoms with E-state index in [0.29, 0.717) is 31.8 Å². The van der Waals surface area contributed by atoms with E-state index in [-0.39, 0.29) is 5.92 Å². The minimum atomic E-state index is -3.89. The lowest BCUT2D eigenvalue weighted by molar-refractivity contribution is -0.131. The molecule has 0 spiro atoms. The molecule has 0 radical (unpaired) electrons. The maximum atomic E-state index is 12.9. The molecule has 9 nitrogen and oxygen atoms in total. The minimum Gasteiger partial charge on any atom is -0.480 e. The van der Waals surface area contributed by atoms with Crippen molar-refractivity contribution in [2.75, 3.05) is 20.2 Å². The van der Waals surface area contributed by atoms with Crippen LogP contribution in [0.15, 0.2) is 30.5 Å².